The summed E-state index contributed by atoms with van der Waals surface area (Å²) in [7, 11) is -1.20. The molecule has 8 rings (SSSR count). The predicted molar refractivity (Wildman–Crippen MR) is 204 cm³/mol. The molecule has 0 spiro atoms. The van der Waals surface area contributed by atoms with Gasteiger partial charge in [-0.15, -0.1) is 0 Å². The highest BCUT2D eigenvalue weighted by molar-refractivity contribution is 6.43. The van der Waals surface area contributed by atoms with Gasteiger partial charge in [-0.05, 0) is 102 Å². The number of para-hydroxylation sites is 1. The summed E-state index contributed by atoms with van der Waals surface area (Å²) in [5, 5.41) is 35.0. The smallest absolute Gasteiger partial charge is 0.455 e. The van der Waals surface area contributed by atoms with Crippen molar-refractivity contribution in [2.24, 2.45) is 17.8 Å². The molecule has 12 heteroatoms. The van der Waals surface area contributed by atoms with Gasteiger partial charge in [0.2, 0.25) is 11.8 Å². The van der Waals surface area contributed by atoms with Gasteiger partial charge >= 0.3 is 7.12 Å². The topological polar surface area (TPSA) is 152 Å². The van der Waals surface area contributed by atoms with Crippen LogP contribution >= 0.6 is 0 Å². The first-order chi connectivity index (χ1) is 26.3. The molecular weight excluding hydrogens is 685 g/mol. The molecular formula is C42H36BN3O8. The van der Waals surface area contributed by atoms with Gasteiger partial charge < -0.3 is 19.5 Å². The van der Waals surface area contributed by atoms with Crippen molar-refractivity contribution >= 4 is 52.7 Å². The molecule has 2 saturated heterocycles. The van der Waals surface area contributed by atoms with E-state index in [0.717, 1.165) is 43.6 Å². The number of nitrogens with zero attached hydrogens (tertiary/aromatic N) is 3. The molecule has 5 aromatic rings. The fraction of sp³-hybridized carbons (Fsp3) is 0.214. The minimum Gasteiger partial charge on any atom is -0.507 e. The van der Waals surface area contributed by atoms with Crippen molar-refractivity contribution in [3.8, 4) is 11.5 Å². The number of pyridine rings is 1. The molecule has 2 aliphatic heterocycles. The molecule has 2 fully saturated rings. The van der Waals surface area contributed by atoms with Crippen LogP contribution in [0.25, 0.3) is 22.4 Å². The Morgan fingerprint density at radius 1 is 0.944 bits per heavy atom. The van der Waals surface area contributed by atoms with Crippen molar-refractivity contribution in [2.75, 3.05) is 11.5 Å². The molecule has 3 aliphatic rings. The molecule has 2 amide bonds. The molecule has 1 aromatic heterocycles. The third-order valence-corrected chi connectivity index (χ3v) is 10.7. The zero-order valence-corrected chi connectivity index (χ0v) is 29.2. The summed E-state index contributed by atoms with van der Waals surface area (Å²) in [4.78, 5) is 45.1. The van der Waals surface area contributed by atoms with Crippen LogP contribution in [0.1, 0.15) is 30.5 Å². The second kappa shape index (κ2) is 14.7. The number of hydrogen-bond donors (Lipinski definition) is 2. The number of nitro groups is 1. The minimum atomic E-state index is -1.20. The van der Waals surface area contributed by atoms with Gasteiger partial charge in [0.15, 0.2) is 0 Å². The van der Waals surface area contributed by atoms with Crippen LogP contribution in [0.5, 0.6) is 11.5 Å². The van der Waals surface area contributed by atoms with Crippen molar-refractivity contribution < 1.29 is 34.0 Å². The normalized spacial score (nSPS) is 21.3. The van der Waals surface area contributed by atoms with Crippen LogP contribution in [0.4, 0.5) is 11.4 Å². The molecule has 54 heavy (non-hydrogen) atoms. The lowest BCUT2D eigenvalue weighted by Crippen LogP contribution is -2.46. The largest absolute Gasteiger partial charge is 0.507 e. The van der Waals surface area contributed by atoms with Gasteiger partial charge in [0.05, 0.1) is 34.2 Å². The number of amides is 2. The number of non-ortho nitro benzene ring substituents is 1. The first-order valence-electron chi connectivity index (χ1n) is 17.9. The van der Waals surface area contributed by atoms with Crippen molar-refractivity contribution in [3.05, 3.63) is 148 Å². The fourth-order valence-electron chi connectivity index (χ4n) is 8.32. The van der Waals surface area contributed by atoms with Crippen LogP contribution < -0.4 is 9.64 Å². The maximum Gasteiger partial charge on any atom is 0.455 e. The van der Waals surface area contributed by atoms with Gasteiger partial charge in [0.1, 0.15) is 18.1 Å². The summed E-state index contributed by atoms with van der Waals surface area (Å²) in [6, 6.07) is 31.7. The maximum absolute atomic E-state index is 14.3. The average molecular weight is 722 g/mol. The van der Waals surface area contributed by atoms with E-state index in [1.54, 1.807) is 12.3 Å². The highest BCUT2D eigenvalue weighted by Gasteiger charge is 2.57. The summed E-state index contributed by atoms with van der Waals surface area (Å²) in [5.74, 6) is -2.10. The van der Waals surface area contributed by atoms with Gasteiger partial charge in [-0.1, -0.05) is 60.7 Å². The van der Waals surface area contributed by atoms with Crippen molar-refractivity contribution in [2.45, 2.75) is 31.7 Å². The van der Waals surface area contributed by atoms with E-state index in [9.17, 15) is 29.8 Å². The van der Waals surface area contributed by atoms with Gasteiger partial charge in [-0.2, -0.15) is 0 Å². The first kappa shape index (κ1) is 35.0. The first-order valence-corrected chi connectivity index (χ1v) is 17.9. The van der Waals surface area contributed by atoms with Gasteiger partial charge in [0, 0.05) is 23.7 Å². The van der Waals surface area contributed by atoms with Crippen molar-refractivity contribution in [1.82, 2.24) is 4.98 Å². The molecule has 0 bridgehead atoms. The number of aromatic hydroxyl groups is 1. The third-order valence-electron chi connectivity index (χ3n) is 10.7. The monoisotopic (exact) mass is 721 g/mol. The van der Waals surface area contributed by atoms with Crippen LogP contribution in [0, 0.1) is 27.9 Å². The van der Waals surface area contributed by atoms with E-state index >= 15 is 0 Å². The lowest BCUT2D eigenvalue weighted by Gasteiger charge is -2.43. The Kier molecular flexibility index (Phi) is 9.53. The summed E-state index contributed by atoms with van der Waals surface area (Å²) in [6.45, 7) is 0.149. The minimum absolute atomic E-state index is 0.103. The SMILES string of the molecule is O=C1[C@@H]2[C@@H](CC(COc3ccccc3)=C3[C@@H](CC/C(=C/c4ccc(O)c5ccccc45)c4ccccn4)OB(O)C[C@@H]32)C(=O)N1c1cccc([N+](=O)[O-])c1. The molecule has 4 aromatic carbocycles. The molecule has 3 heterocycles. The summed E-state index contributed by atoms with van der Waals surface area (Å²) in [5.41, 5.74) is 4.17. The molecule has 2 N–H and O–H groups in total. The highest BCUT2D eigenvalue weighted by Crippen LogP contribution is 2.51. The lowest BCUT2D eigenvalue weighted by molar-refractivity contribution is -0.384. The number of phenols is 1. The molecule has 11 nitrogen and oxygen atoms in total. The third kappa shape index (κ3) is 6.66. The Bertz CT molecular complexity index is 2320. The number of anilines is 1. The Morgan fingerprint density at radius 3 is 2.50 bits per heavy atom. The van der Waals surface area contributed by atoms with Crippen LogP contribution in [0.3, 0.4) is 0 Å². The second-order valence-electron chi connectivity index (χ2n) is 13.9. The molecule has 0 saturated carbocycles. The van der Waals surface area contributed by atoms with Crippen LogP contribution in [-0.2, 0) is 14.2 Å². The Morgan fingerprint density at radius 2 is 1.72 bits per heavy atom. The molecule has 0 unspecified atom stereocenters. The summed E-state index contributed by atoms with van der Waals surface area (Å²) >= 11 is 0. The van der Waals surface area contributed by atoms with E-state index in [2.05, 4.69) is 11.1 Å². The average Bonchev–Trinajstić information content (AvgIpc) is 3.45. The molecule has 0 radical (unpaired) electrons. The maximum atomic E-state index is 14.3. The molecule has 1 aliphatic carbocycles. The Labute approximate surface area is 311 Å². The Hall–Kier alpha value is -6.11. The number of hydrogen-bond acceptors (Lipinski definition) is 9. The van der Waals surface area contributed by atoms with Gasteiger partial charge in [-0.25, -0.2) is 4.90 Å². The number of ether oxygens (including phenoxy) is 1. The quantitative estimate of drug-likeness (QED) is 0.0499. The van der Waals surface area contributed by atoms with Crippen molar-refractivity contribution in [3.63, 3.8) is 0 Å². The number of phenolic OH excluding ortho intramolecular Hbond substituents is 1. The summed E-state index contributed by atoms with van der Waals surface area (Å²) < 4.78 is 12.6. The fourth-order valence-corrected chi connectivity index (χ4v) is 8.32. The van der Waals surface area contributed by atoms with Crippen LogP contribution in [-0.4, -0.2) is 51.7 Å². The van der Waals surface area contributed by atoms with Gasteiger partial charge in [-0.3, -0.25) is 24.7 Å². The van der Waals surface area contributed by atoms with E-state index in [4.69, 9.17) is 9.39 Å². The lowest BCUT2D eigenvalue weighted by atomic mass is 9.58. The number of imide groups is 1. The summed E-state index contributed by atoms with van der Waals surface area (Å²) in [6.07, 6.45) is 4.41. The zero-order valence-electron chi connectivity index (χ0n) is 29.2. The van der Waals surface area contributed by atoms with Crippen molar-refractivity contribution in [1.29, 1.82) is 0 Å². The zero-order chi connectivity index (χ0) is 37.3. The molecule has 270 valence electrons. The van der Waals surface area contributed by atoms with Gasteiger partial charge in [0.25, 0.3) is 5.69 Å². The molecule has 4 atom stereocenters. The van der Waals surface area contributed by atoms with E-state index in [0.29, 0.717) is 18.6 Å². The number of rotatable bonds is 10. The number of fused-ring (bicyclic) bond motifs is 4. The number of carbonyl (C=O) groups is 2. The van der Waals surface area contributed by atoms with E-state index in [1.165, 1.54) is 24.3 Å². The number of allylic oxidation sites excluding steroid dienone is 1. The van der Waals surface area contributed by atoms with E-state index in [-0.39, 0.29) is 36.5 Å². The predicted octanol–water partition coefficient (Wildman–Crippen LogP) is 7.25. The second-order valence-corrected chi connectivity index (χ2v) is 13.9. The van der Waals surface area contributed by atoms with E-state index in [1.807, 2.05) is 78.9 Å². The Balaban J connectivity index is 1.16. The number of carbonyl (C=O) groups excluding carboxylic acids is 2. The number of benzene rings is 4. The standard InChI is InChI=1S/C42H36BN3O8/c47-37-18-16-26(32-13-4-5-14-33(32)37)21-27(36-15-6-7-20-44-36)17-19-38-39-28(25-53-31-11-2-1-3-12-31)22-34-40(35(39)24-43(50)54-38)42(49)45(41(34)48)29-9-8-10-30(23-29)46(51)52/h1-16,18,20-21,23,34-35,38,40,47,50H,17,19,22,24-25H2/b27-21-/t34-,35+,38-,40-/m1/s1. The highest BCUT2D eigenvalue weighted by atomic mass is 16.6. The number of nitro benzene ring substituents is 1. The van der Waals surface area contributed by atoms with E-state index < -0.39 is 47.7 Å². The van der Waals surface area contributed by atoms with Crippen LogP contribution in [0.2, 0.25) is 6.32 Å². The number of aromatic nitrogens is 1. The van der Waals surface area contributed by atoms with Crippen LogP contribution in [0.15, 0.2) is 127 Å².